The van der Waals surface area contributed by atoms with Crippen molar-refractivity contribution < 1.29 is 4.39 Å². The van der Waals surface area contributed by atoms with E-state index in [2.05, 4.69) is 9.97 Å². The third-order valence-electron chi connectivity index (χ3n) is 2.66. The van der Waals surface area contributed by atoms with Crippen LogP contribution in [0.5, 0.6) is 0 Å². The molecule has 3 rings (SSSR count). The van der Waals surface area contributed by atoms with Crippen LogP contribution >= 0.6 is 11.8 Å². The second-order valence-corrected chi connectivity index (χ2v) is 4.86. The number of nitrogens with zero attached hydrogens (tertiary/aromatic N) is 3. The number of fused-ring (bicyclic) bond motifs is 1. The lowest BCUT2D eigenvalue weighted by Crippen LogP contribution is -1.90. The van der Waals surface area contributed by atoms with Gasteiger partial charge in [0.2, 0.25) is 0 Å². The molecule has 3 nitrogen and oxygen atoms in total. The minimum Gasteiger partial charge on any atom is -0.329 e. The Morgan fingerprint density at radius 3 is 2.83 bits per heavy atom. The first-order valence-electron chi connectivity index (χ1n) is 5.43. The van der Waals surface area contributed by atoms with E-state index < -0.39 is 0 Å². The number of hydrogen-bond donors (Lipinski definition) is 0. The Labute approximate surface area is 108 Å². The van der Waals surface area contributed by atoms with E-state index in [1.807, 2.05) is 23.9 Å². The predicted octanol–water partition coefficient (Wildman–Crippen LogP) is 3.26. The summed E-state index contributed by atoms with van der Waals surface area (Å²) in [5, 5.41) is 3.38. The lowest BCUT2D eigenvalue weighted by molar-refractivity contribution is 0.629. The summed E-state index contributed by atoms with van der Waals surface area (Å²) in [6, 6.07) is 6.59. The van der Waals surface area contributed by atoms with Crippen molar-refractivity contribution in [2.45, 2.75) is 10.2 Å². The quantitative estimate of drug-likeness (QED) is 0.707. The Kier molecular flexibility index (Phi) is 2.76. The van der Waals surface area contributed by atoms with E-state index in [1.165, 1.54) is 23.9 Å². The summed E-state index contributed by atoms with van der Waals surface area (Å²) in [6.45, 7) is 0. The van der Waals surface area contributed by atoms with Gasteiger partial charge < -0.3 is 4.57 Å². The van der Waals surface area contributed by atoms with Gasteiger partial charge in [0.1, 0.15) is 10.8 Å². The molecule has 0 saturated heterocycles. The molecule has 0 N–H and O–H groups in total. The zero-order valence-corrected chi connectivity index (χ0v) is 10.5. The van der Waals surface area contributed by atoms with Crippen LogP contribution in [0.3, 0.4) is 0 Å². The van der Waals surface area contributed by atoms with Crippen molar-refractivity contribution in [2.75, 3.05) is 0 Å². The van der Waals surface area contributed by atoms with Gasteiger partial charge in [-0.15, -0.1) is 0 Å². The first-order valence-corrected chi connectivity index (χ1v) is 6.25. The first kappa shape index (κ1) is 11.2. The number of benzene rings is 1. The third-order valence-corrected chi connectivity index (χ3v) is 3.75. The van der Waals surface area contributed by atoms with Crippen LogP contribution in [0.25, 0.3) is 10.8 Å². The molecule has 5 heteroatoms. The fourth-order valence-corrected chi connectivity index (χ4v) is 2.62. The van der Waals surface area contributed by atoms with Crippen LogP contribution in [0.4, 0.5) is 4.39 Å². The summed E-state index contributed by atoms with van der Waals surface area (Å²) >= 11 is 1.43. The molecule has 0 radical (unpaired) electrons. The largest absolute Gasteiger partial charge is 0.329 e. The molecule has 18 heavy (non-hydrogen) atoms. The standard InChI is InChI=1S/C13H10FN3S/c1-17-7-6-16-13(17)18-12-11-8-10(14)3-2-9(11)4-5-15-12/h2-8H,1H3. The Morgan fingerprint density at radius 1 is 1.17 bits per heavy atom. The maximum Gasteiger partial charge on any atom is 0.174 e. The molecule has 0 aliphatic rings. The summed E-state index contributed by atoms with van der Waals surface area (Å²) in [6.07, 6.45) is 5.33. The van der Waals surface area contributed by atoms with Gasteiger partial charge >= 0.3 is 0 Å². The minimum absolute atomic E-state index is 0.253. The summed E-state index contributed by atoms with van der Waals surface area (Å²) < 4.78 is 15.2. The van der Waals surface area contributed by atoms with Gasteiger partial charge in [-0.2, -0.15) is 0 Å². The highest BCUT2D eigenvalue weighted by Gasteiger charge is 2.08. The second kappa shape index (κ2) is 4.42. The maximum atomic E-state index is 13.3. The summed E-state index contributed by atoms with van der Waals surface area (Å²) in [5.41, 5.74) is 0. The van der Waals surface area contributed by atoms with Gasteiger partial charge in [-0.05, 0) is 35.3 Å². The maximum absolute atomic E-state index is 13.3. The monoisotopic (exact) mass is 259 g/mol. The van der Waals surface area contributed by atoms with E-state index in [9.17, 15) is 4.39 Å². The number of halogens is 1. The molecule has 2 aromatic heterocycles. The zero-order chi connectivity index (χ0) is 12.5. The molecule has 0 saturated carbocycles. The molecular formula is C13H10FN3S. The van der Waals surface area contributed by atoms with Gasteiger partial charge in [-0.1, -0.05) is 6.07 Å². The van der Waals surface area contributed by atoms with Gasteiger partial charge in [0.05, 0.1) is 0 Å². The number of aryl methyl sites for hydroxylation is 1. The van der Waals surface area contributed by atoms with Gasteiger partial charge in [0.15, 0.2) is 5.16 Å². The minimum atomic E-state index is -0.253. The number of aromatic nitrogens is 3. The van der Waals surface area contributed by atoms with Crippen molar-refractivity contribution in [1.82, 2.24) is 14.5 Å². The molecule has 0 spiro atoms. The first-order chi connectivity index (χ1) is 8.74. The summed E-state index contributed by atoms with van der Waals surface area (Å²) in [7, 11) is 1.92. The fraction of sp³-hybridized carbons (Fsp3) is 0.0769. The Morgan fingerprint density at radius 2 is 2.06 bits per heavy atom. The van der Waals surface area contributed by atoms with Crippen LogP contribution in [0.1, 0.15) is 0 Å². The normalized spacial score (nSPS) is 11.0. The van der Waals surface area contributed by atoms with Crippen LogP contribution in [0.15, 0.2) is 53.0 Å². The van der Waals surface area contributed by atoms with E-state index in [0.29, 0.717) is 0 Å². The van der Waals surface area contributed by atoms with Crippen LogP contribution < -0.4 is 0 Å². The number of hydrogen-bond acceptors (Lipinski definition) is 3. The van der Waals surface area contributed by atoms with Gasteiger partial charge in [-0.3, -0.25) is 0 Å². The lowest BCUT2D eigenvalue weighted by atomic mass is 10.2. The topological polar surface area (TPSA) is 30.7 Å². The highest BCUT2D eigenvalue weighted by Crippen LogP contribution is 2.30. The molecule has 0 atom stereocenters. The summed E-state index contributed by atoms with van der Waals surface area (Å²) in [5.74, 6) is -0.253. The molecule has 1 aromatic carbocycles. The van der Waals surface area contributed by atoms with Crippen molar-refractivity contribution in [2.24, 2.45) is 7.05 Å². The van der Waals surface area contributed by atoms with Crippen molar-refractivity contribution in [3.63, 3.8) is 0 Å². The molecule has 0 aliphatic heterocycles. The van der Waals surface area contributed by atoms with E-state index in [-0.39, 0.29) is 5.82 Å². The Bertz CT molecular complexity index is 708. The molecule has 90 valence electrons. The van der Waals surface area contributed by atoms with Gasteiger partial charge in [-0.25, -0.2) is 14.4 Å². The number of rotatable bonds is 2. The summed E-state index contributed by atoms with van der Waals surface area (Å²) in [4.78, 5) is 8.54. The number of imidazole rings is 1. The molecular weight excluding hydrogens is 249 g/mol. The Balaban J connectivity index is 2.11. The van der Waals surface area contributed by atoms with Crippen LogP contribution in [0.2, 0.25) is 0 Å². The molecule has 0 fully saturated rings. The molecule has 0 amide bonds. The van der Waals surface area contributed by atoms with Crippen molar-refractivity contribution in [1.29, 1.82) is 0 Å². The van der Waals surface area contributed by atoms with Gasteiger partial charge in [0.25, 0.3) is 0 Å². The zero-order valence-electron chi connectivity index (χ0n) is 9.67. The van der Waals surface area contributed by atoms with Crippen LogP contribution in [-0.4, -0.2) is 14.5 Å². The van der Waals surface area contributed by atoms with E-state index >= 15 is 0 Å². The molecule has 0 aliphatic carbocycles. The van der Waals surface area contributed by atoms with E-state index in [1.54, 1.807) is 18.5 Å². The molecule has 3 aromatic rings. The number of pyridine rings is 1. The van der Waals surface area contributed by atoms with Crippen LogP contribution in [0, 0.1) is 5.82 Å². The third kappa shape index (κ3) is 1.97. The van der Waals surface area contributed by atoms with E-state index in [0.717, 1.165) is 21.0 Å². The van der Waals surface area contributed by atoms with Crippen molar-refractivity contribution >= 4 is 22.5 Å². The molecule has 0 bridgehead atoms. The van der Waals surface area contributed by atoms with E-state index in [4.69, 9.17) is 0 Å². The highest BCUT2D eigenvalue weighted by atomic mass is 32.2. The molecule has 0 unspecified atom stereocenters. The lowest BCUT2D eigenvalue weighted by Gasteiger charge is -2.05. The van der Waals surface area contributed by atoms with Crippen molar-refractivity contribution in [3.05, 3.63) is 48.7 Å². The van der Waals surface area contributed by atoms with Crippen molar-refractivity contribution in [3.8, 4) is 0 Å². The molecule has 2 heterocycles. The average molecular weight is 259 g/mol. The highest BCUT2D eigenvalue weighted by molar-refractivity contribution is 7.99. The fourth-order valence-electron chi connectivity index (χ4n) is 1.73. The average Bonchev–Trinajstić information content (AvgIpc) is 2.76. The Hall–Kier alpha value is -1.88. The van der Waals surface area contributed by atoms with Crippen LogP contribution in [-0.2, 0) is 7.05 Å². The SMILES string of the molecule is Cn1ccnc1Sc1nccc2ccc(F)cc12. The van der Waals surface area contributed by atoms with Gasteiger partial charge in [0, 0.05) is 31.0 Å². The predicted molar refractivity (Wildman–Crippen MR) is 69.0 cm³/mol. The smallest absolute Gasteiger partial charge is 0.174 e. The second-order valence-electron chi connectivity index (χ2n) is 3.90.